The smallest absolute Gasteiger partial charge is 0.254 e. The maximum atomic E-state index is 12.7. The molecule has 0 radical (unpaired) electrons. The second-order valence-electron chi connectivity index (χ2n) is 6.02. The normalized spacial score (nSPS) is 22.6. The molecule has 20 heavy (non-hydrogen) atoms. The molecule has 1 unspecified atom stereocenters. The molecule has 0 aromatic carbocycles. The first-order valence-corrected chi connectivity index (χ1v) is 7.71. The van der Waals surface area contributed by atoms with E-state index >= 15 is 0 Å². The van der Waals surface area contributed by atoms with Crippen LogP contribution in [0.2, 0.25) is 0 Å². The van der Waals surface area contributed by atoms with Gasteiger partial charge in [0.25, 0.3) is 5.91 Å². The van der Waals surface area contributed by atoms with E-state index in [1.54, 1.807) is 6.20 Å². The van der Waals surface area contributed by atoms with Gasteiger partial charge in [0.1, 0.15) is 0 Å². The highest BCUT2D eigenvalue weighted by Gasteiger charge is 2.34. The highest BCUT2D eigenvalue weighted by molar-refractivity contribution is 5.94. The van der Waals surface area contributed by atoms with Crippen LogP contribution in [0.15, 0.2) is 18.3 Å². The quantitative estimate of drug-likeness (QED) is 0.914. The van der Waals surface area contributed by atoms with E-state index in [4.69, 9.17) is 0 Å². The van der Waals surface area contributed by atoms with Gasteiger partial charge in [-0.15, -0.1) is 0 Å². The van der Waals surface area contributed by atoms with Crippen LogP contribution >= 0.6 is 0 Å². The molecule has 1 saturated carbocycles. The lowest BCUT2D eigenvalue weighted by Crippen LogP contribution is -2.46. The molecule has 4 nitrogen and oxygen atoms in total. The van der Waals surface area contributed by atoms with E-state index in [2.05, 4.69) is 15.2 Å². The van der Waals surface area contributed by atoms with E-state index in [-0.39, 0.29) is 5.91 Å². The van der Waals surface area contributed by atoms with Crippen LogP contribution in [0, 0.1) is 6.92 Å². The van der Waals surface area contributed by atoms with Crippen LogP contribution in [-0.4, -0.2) is 41.0 Å². The van der Waals surface area contributed by atoms with E-state index in [1.807, 2.05) is 19.1 Å². The molecule has 2 fully saturated rings. The second-order valence-corrected chi connectivity index (χ2v) is 6.02. The number of aryl methyl sites for hydroxylation is 1. The van der Waals surface area contributed by atoms with Gasteiger partial charge in [-0.1, -0.05) is 6.42 Å². The Morgan fingerprint density at radius 2 is 2.25 bits per heavy atom. The third kappa shape index (κ3) is 3.18. The zero-order valence-electron chi connectivity index (χ0n) is 12.1. The number of rotatable bonds is 4. The Labute approximate surface area is 120 Å². The number of nitrogens with one attached hydrogen (secondary N) is 1. The standard InChI is InChI=1S/C16H23N3O/c1-12-10-13(7-9-17-12)16(20)19(15-5-6-15)11-14-4-2-3-8-18-14/h7,9-10,14-15,18H,2-6,8,11H2,1H3. The predicted molar refractivity (Wildman–Crippen MR) is 78.7 cm³/mol. The van der Waals surface area contributed by atoms with E-state index < -0.39 is 0 Å². The topological polar surface area (TPSA) is 45.2 Å². The molecule has 1 amide bonds. The zero-order valence-corrected chi connectivity index (χ0v) is 12.1. The summed E-state index contributed by atoms with van der Waals surface area (Å²) in [5, 5.41) is 3.54. The third-order valence-electron chi connectivity index (χ3n) is 4.22. The average molecular weight is 273 g/mol. The molecule has 1 aliphatic heterocycles. The summed E-state index contributed by atoms with van der Waals surface area (Å²) in [6.07, 6.45) is 7.76. The number of hydrogen-bond acceptors (Lipinski definition) is 3. The number of amides is 1. The molecule has 1 aromatic heterocycles. The van der Waals surface area contributed by atoms with Crippen LogP contribution in [0.3, 0.4) is 0 Å². The van der Waals surface area contributed by atoms with Crippen molar-refractivity contribution in [2.75, 3.05) is 13.1 Å². The van der Waals surface area contributed by atoms with E-state index in [0.29, 0.717) is 12.1 Å². The van der Waals surface area contributed by atoms with Crippen LogP contribution in [0.4, 0.5) is 0 Å². The summed E-state index contributed by atoms with van der Waals surface area (Å²) >= 11 is 0. The molecule has 4 heteroatoms. The molecular formula is C16H23N3O. The summed E-state index contributed by atoms with van der Waals surface area (Å²) in [6, 6.07) is 4.65. The van der Waals surface area contributed by atoms with Crippen LogP contribution in [-0.2, 0) is 0 Å². The molecule has 2 heterocycles. The average Bonchev–Trinajstić information content (AvgIpc) is 3.30. The minimum Gasteiger partial charge on any atom is -0.334 e. The van der Waals surface area contributed by atoms with E-state index in [9.17, 15) is 4.79 Å². The second kappa shape index (κ2) is 5.92. The molecule has 1 N–H and O–H groups in total. The van der Waals surface area contributed by atoms with Crippen molar-refractivity contribution in [3.8, 4) is 0 Å². The summed E-state index contributed by atoms with van der Waals surface area (Å²) in [6.45, 7) is 3.87. The number of pyridine rings is 1. The number of carbonyl (C=O) groups is 1. The van der Waals surface area contributed by atoms with Crippen LogP contribution in [0.5, 0.6) is 0 Å². The Kier molecular flexibility index (Phi) is 4.01. The van der Waals surface area contributed by atoms with E-state index in [1.165, 1.54) is 19.3 Å². The molecule has 2 aliphatic rings. The van der Waals surface area contributed by atoms with Crippen molar-refractivity contribution in [1.29, 1.82) is 0 Å². The van der Waals surface area contributed by atoms with Gasteiger partial charge in [0.2, 0.25) is 0 Å². The van der Waals surface area contributed by atoms with Crippen molar-refractivity contribution in [1.82, 2.24) is 15.2 Å². The summed E-state index contributed by atoms with van der Waals surface area (Å²) in [5.41, 5.74) is 1.68. The van der Waals surface area contributed by atoms with Gasteiger partial charge in [-0.2, -0.15) is 0 Å². The Morgan fingerprint density at radius 1 is 1.40 bits per heavy atom. The molecule has 1 aliphatic carbocycles. The fourth-order valence-electron chi connectivity index (χ4n) is 2.95. The maximum absolute atomic E-state index is 12.7. The first-order valence-electron chi connectivity index (χ1n) is 7.71. The van der Waals surface area contributed by atoms with Crippen LogP contribution in [0.25, 0.3) is 0 Å². The fourth-order valence-corrected chi connectivity index (χ4v) is 2.95. The van der Waals surface area contributed by atoms with Gasteiger partial charge in [-0.25, -0.2) is 0 Å². The highest BCUT2D eigenvalue weighted by Crippen LogP contribution is 2.29. The van der Waals surface area contributed by atoms with Gasteiger partial charge >= 0.3 is 0 Å². The molecule has 0 spiro atoms. The minimum absolute atomic E-state index is 0.172. The monoisotopic (exact) mass is 273 g/mol. The number of carbonyl (C=O) groups excluding carboxylic acids is 1. The maximum Gasteiger partial charge on any atom is 0.254 e. The lowest BCUT2D eigenvalue weighted by Gasteiger charge is -2.31. The van der Waals surface area contributed by atoms with Crippen molar-refractivity contribution in [3.05, 3.63) is 29.6 Å². The molecule has 1 atom stereocenters. The van der Waals surface area contributed by atoms with E-state index in [0.717, 1.165) is 37.2 Å². The lowest BCUT2D eigenvalue weighted by atomic mass is 10.0. The Balaban J connectivity index is 1.71. The molecular weight excluding hydrogens is 250 g/mol. The number of hydrogen-bond donors (Lipinski definition) is 1. The number of nitrogens with zero attached hydrogens (tertiary/aromatic N) is 2. The summed E-state index contributed by atoms with van der Waals surface area (Å²) in [5.74, 6) is 0.172. The molecule has 1 saturated heterocycles. The first kappa shape index (κ1) is 13.6. The Hall–Kier alpha value is -1.42. The molecule has 0 bridgehead atoms. The summed E-state index contributed by atoms with van der Waals surface area (Å²) < 4.78 is 0. The Morgan fingerprint density at radius 3 is 2.90 bits per heavy atom. The summed E-state index contributed by atoms with van der Waals surface area (Å²) in [4.78, 5) is 19.0. The van der Waals surface area contributed by atoms with Crippen molar-refractivity contribution in [2.24, 2.45) is 0 Å². The fraction of sp³-hybridized carbons (Fsp3) is 0.625. The van der Waals surface area contributed by atoms with Crippen molar-refractivity contribution in [2.45, 2.75) is 51.1 Å². The molecule has 3 rings (SSSR count). The van der Waals surface area contributed by atoms with Gasteiger partial charge in [0, 0.05) is 36.1 Å². The Bertz CT molecular complexity index is 478. The molecule has 108 valence electrons. The third-order valence-corrected chi connectivity index (χ3v) is 4.22. The van der Waals surface area contributed by atoms with Crippen LogP contribution < -0.4 is 5.32 Å². The van der Waals surface area contributed by atoms with Crippen molar-refractivity contribution < 1.29 is 4.79 Å². The largest absolute Gasteiger partial charge is 0.334 e. The number of aromatic nitrogens is 1. The predicted octanol–water partition coefficient (Wildman–Crippen LogP) is 2.14. The van der Waals surface area contributed by atoms with Gasteiger partial charge in [0.05, 0.1) is 0 Å². The van der Waals surface area contributed by atoms with Crippen molar-refractivity contribution >= 4 is 5.91 Å². The first-order chi connectivity index (χ1) is 9.74. The minimum atomic E-state index is 0.172. The zero-order chi connectivity index (χ0) is 13.9. The van der Waals surface area contributed by atoms with Gasteiger partial charge in [-0.05, 0) is 51.3 Å². The van der Waals surface area contributed by atoms with Crippen molar-refractivity contribution in [3.63, 3.8) is 0 Å². The summed E-state index contributed by atoms with van der Waals surface area (Å²) in [7, 11) is 0. The lowest BCUT2D eigenvalue weighted by molar-refractivity contribution is 0.0717. The highest BCUT2D eigenvalue weighted by atomic mass is 16.2. The van der Waals surface area contributed by atoms with Crippen LogP contribution in [0.1, 0.15) is 48.2 Å². The SMILES string of the molecule is Cc1cc(C(=O)N(CC2CCCCN2)C2CC2)ccn1. The van der Waals surface area contributed by atoms with Gasteiger partial charge in [-0.3, -0.25) is 9.78 Å². The van der Waals surface area contributed by atoms with Gasteiger partial charge in [0.15, 0.2) is 0 Å². The molecule has 1 aromatic rings. The van der Waals surface area contributed by atoms with Gasteiger partial charge < -0.3 is 10.2 Å². The number of piperidine rings is 1.